The molecule has 0 heterocycles. The summed E-state index contributed by atoms with van der Waals surface area (Å²) in [6, 6.07) is 17.1. The molecule has 0 aliphatic heterocycles. The topological polar surface area (TPSA) is 3.24 Å². The fourth-order valence-corrected chi connectivity index (χ4v) is 2.20. The molecular formula is C18H21N. The Hall–Kier alpha value is -2.02. The van der Waals surface area contributed by atoms with Crippen molar-refractivity contribution in [2.75, 3.05) is 19.0 Å². The molecule has 0 saturated heterocycles. The Labute approximate surface area is 116 Å². The van der Waals surface area contributed by atoms with Crippen LogP contribution in [-0.4, -0.2) is 14.1 Å². The van der Waals surface area contributed by atoms with E-state index in [0.29, 0.717) is 0 Å². The number of benzene rings is 2. The van der Waals surface area contributed by atoms with E-state index in [4.69, 9.17) is 0 Å². The van der Waals surface area contributed by atoms with Crippen LogP contribution >= 0.6 is 0 Å². The van der Waals surface area contributed by atoms with Gasteiger partial charge in [-0.2, -0.15) is 0 Å². The van der Waals surface area contributed by atoms with Crippen LogP contribution in [0, 0.1) is 6.92 Å². The molecule has 0 radical (unpaired) electrons. The van der Waals surface area contributed by atoms with Crippen LogP contribution in [0.2, 0.25) is 0 Å². The smallest absolute Gasteiger partial charge is 0.0396 e. The predicted molar refractivity (Wildman–Crippen MR) is 84.7 cm³/mol. The Kier molecular flexibility index (Phi) is 4.40. The molecule has 0 fully saturated rings. The van der Waals surface area contributed by atoms with Gasteiger partial charge >= 0.3 is 0 Å². The normalized spacial score (nSPS) is 10.9. The number of aryl methyl sites for hydroxylation is 1. The Balaban J connectivity index is 2.15. The van der Waals surface area contributed by atoms with E-state index < -0.39 is 0 Å². The van der Waals surface area contributed by atoms with Crippen molar-refractivity contribution >= 4 is 11.8 Å². The summed E-state index contributed by atoms with van der Waals surface area (Å²) in [5.41, 5.74) is 5.23. The van der Waals surface area contributed by atoms with Crippen molar-refractivity contribution < 1.29 is 0 Å². The SMILES string of the molecule is Cc1ccc(N(C)C)c(C/C=C/c2ccccc2)c1. The fourth-order valence-electron chi connectivity index (χ4n) is 2.20. The Morgan fingerprint density at radius 3 is 2.42 bits per heavy atom. The quantitative estimate of drug-likeness (QED) is 0.782. The first-order valence-corrected chi connectivity index (χ1v) is 6.65. The monoisotopic (exact) mass is 251 g/mol. The summed E-state index contributed by atoms with van der Waals surface area (Å²) in [6.45, 7) is 2.14. The first-order valence-electron chi connectivity index (χ1n) is 6.65. The zero-order valence-electron chi connectivity index (χ0n) is 11.9. The molecule has 0 unspecified atom stereocenters. The molecule has 1 nitrogen and oxygen atoms in total. The van der Waals surface area contributed by atoms with Crippen LogP contribution in [0.1, 0.15) is 16.7 Å². The van der Waals surface area contributed by atoms with Gasteiger partial charge in [0, 0.05) is 19.8 Å². The molecule has 19 heavy (non-hydrogen) atoms. The van der Waals surface area contributed by atoms with E-state index in [1.54, 1.807) is 0 Å². The summed E-state index contributed by atoms with van der Waals surface area (Å²) >= 11 is 0. The highest BCUT2D eigenvalue weighted by Gasteiger charge is 2.02. The van der Waals surface area contributed by atoms with Gasteiger partial charge in [-0.05, 0) is 30.5 Å². The molecule has 0 atom stereocenters. The maximum atomic E-state index is 2.27. The second kappa shape index (κ2) is 6.24. The summed E-state index contributed by atoms with van der Waals surface area (Å²) in [6.07, 6.45) is 5.38. The number of hydrogen-bond acceptors (Lipinski definition) is 1. The third kappa shape index (κ3) is 3.72. The van der Waals surface area contributed by atoms with Gasteiger partial charge in [-0.25, -0.2) is 0 Å². The van der Waals surface area contributed by atoms with Crippen molar-refractivity contribution in [3.05, 3.63) is 71.3 Å². The number of rotatable bonds is 4. The van der Waals surface area contributed by atoms with Crippen molar-refractivity contribution in [2.24, 2.45) is 0 Å². The molecular weight excluding hydrogens is 230 g/mol. The average Bonchev–Trinajstić information content (AvgIpc) is 2.39. The van der Waals surface area contributed by atoms with Crippen LogP contribution < -0.4 is 4.90 Å². The Bertz CT molecular complexity index is 553. The van der Waals surface area contributed by atoms with E-state index in [1.807, 2.05) is 6.07 Å². The molecule has 0 bridgehead atoms. The van der Waals surface area contributed by atoms with Gasteiger partial charge in [0.2, 0.25) is 0 Å². The van der Waals surface area contributed by atoms with Crippen LogP contribution in [0.5, 0.6) is 0 Å². The molecule has 2 aromatic rings. The summed E-state index contributed by atoms with van der Waals surface area (Å²) < 4.78 is 0. The molecule has 0 aromatic heterocycles. The third-order valence-corrected chi connectivity index (χ3v) is 3.16. The lowest BCUT2D eigenvalue weighted by Crippen LogP contribution is -2.11. The van der Waals surface area contributed by atoms with Crippen LogP contribution in [0.4, 0.5) is 5.69 Å². The molecule has 0 aliphatic carbocycles. The van der Waals surface area contributed by atoms with Crippen LogP contribution in [-0.2, 0) is 6.42 Å². The Morgan fingerprint density at radius 2 is 1.74 bits per heavy atom. The molecule has 0 N–H and O–H groups in total. The van der Waals surface area contributed by atoms with Gasteiger partial charge in [0.05, 0.1) is 0 Å². The highest BCUT2D eigenvalue weighted by Crippen LogP contribution is 2.21. The largest absolute Gasteiger partial charge is 0.377 e. The Morgan fingerprint density at radius 1 is 1.00 bits per heavy atom. The van der Waals surface area contributed by atoms with Gasteiger partial charge in [-0.3, -0.25) is 0 Å². The summed E-state index contributed by atoms with van der Waals surface area (Å²) in [5, 5.41) is 0. The predicted octanol–water partition coefficient (Wildman–Crippen LogP) is 4.32. The molecule has 0 spiro atoms. The minimum absolute atomic E-state index is 0.962. The second-order valence-electron chi connectivity index (χ2n) is 5.04. The zero-order valence-corrected chi connectivity index (χ0v) is 11.9. The standard InChI is InChI=1S/C18H21N/c1-15-12-13-18(19(2)3)17(14-15)11-7-10-16-8-5-4-6-9-16/h4-10,12-14H,11H2,1-3H3/b10-7+. The van der Waals surface area contributed by atoms with Crippen LogP contribution in [0.3, 0.4) is 0 Å². The average molecular weight is 251 g/mol. The summed E-state index contributed by atoms with van der Waals surface area (Å²) in [4.78, 5) is 2.17. The van der Waals surface area contributed by atoms with E-state index in [2.05, 4.69) is 80.5 Å². The lowest BCUT2D eigenvalue weighted by molar-refractivity contribution is 1.09. The molecule has 2 aromatic carbocycles. The maximum absolute atomic E-state index is 2.27. The van der Waals surface area contributed by atoms with Gasteiger partial charge in [0.25, 0.3) is 0 Å². The van der Waals surface area contributed by atoms with Gasteiger partial charge < -0.3 is 4.90 Å². The van der Waals surface area contributed by atoms with Gasteiger partial charge in [-0.15, -0.1) is 0 Å². The van der Waals surface area contributed by atoms with E-state index in [1.165, 1.54) is 22.4 Å². The first kappa shape index (κ1) is 13.4. The molecule has 2 rings (SSSR count). The summed E-state index contributed by atoms with van der Waals surface area (Å²) in [5.74, 6) is 0. The summed E-state index contributed by atoms with van der Waals surface area (Å²) in [7, 11) is 4.18. The number of anilines is 1. The van der Waals surface area contributed by atoms with E-state index in [9.17, 15) is 0 Å². The lowest BCUT2D eigenvalue weighted by atomic mass is 10.0. The lowest BCUT2D eigenvalue weighted by Gasteiger charge is -2.17. The highest BCUT2D eigenvalue weighted by molar-refractivity contribution is 5.56. The highest BCUT2D eigenvalue weighted by atomic mass is 15.1. The molecule has 0 amide bonds. The number of nitrogens with zero attached hydrogens (tertiary/aromatic N) is 1. The number of allylic oxidation sites excluding steroid dienone is 1. The van der Waals surface area contributed by atoms with Crippen LogP contribution in [0.25, 0.3) is 6.08 Å². The van der Waals surface area contributed by atoms with Crippen molar-refractivity contribution in [2.45, 2.75) is 13.3 Å². The van der Waals surface area contributed by atoms with Gasteiger partial charge in [0.1, 0.15) is 0 Å². The first-order chi connectivity index (χ1) is 9.16. The van der Waals surface area contributed by atoms with Crippen molar-refractivity contribution in [1.82, 2.24) is 0 Å². The minimum Gasteiger partial charge on any atom is -0.377 e. The van der Waals surface area contributed by atoms with Crippen molar-refractivity contribution in [3.63, 3.8) is 0 Å². The van der Waals surface area contributed by atoms with Gasteiger partial charge in [0.15, 0.2) is 0 Å². The van der Waals surface area contributed by atoms with Crippen LogP contribution in [0.15, 0.2) is 54.6 Å². The second-order valence-corrected chi connectivity index (χ2v) is 5.04. The van der Waals surface area contributed by atoms with E-state index in [0.717, 1.165) is 6.42 Å². The van der Waals surface area contributed by atoms with Crippen molar-refractivity contribution in [1.29, 1.82) is 0 Å². The zero-order chi connectivity index (χ0) is 13.7. The van der Waals surface area contributed by atoms with E-state index >= 15 is 0 Å². The molecule has 0 saturated carbocycles. The molecule has 1 heteroatoms. The van der Waals surface area contributed by atoms with E-state index in [-0.39, 0.29) is 0 Å². The number of hydrogen-bond donors (Lipinski definition) is 0. The van der Waals surface area contributed by atoms with Gasteiger partial charge in [-0.1, -0.05) is 60.2 Å². The fraction of sp³-hybridized carbons (Fsp3) is 0.222. The minimum atomic E-state index is 0.962. The third-order valence-electron chi connectivity index (χ3n) is 3.16. The molecule has 0 aliphatic rings. The molecule has 98 valence electrons. The maximum Gasteiger partial charge on any atom is 0.0396 e. The van der Waals surface area contributed by atoms with Crippen molar-refractivity contribution in [3.8, 4) is 0 Å².